The largest absolute Gasteiger partial charge is 0.312 e. The van der Waals surface area contributed by atoms with Crippen LogP contribution in [0.5, 0.6) is 0 Å². The number of hydrogen-bond donors (Lipinski definition) is 1. The number of nitrogens with one attached hydrogen (secondary N) is 1. The van der Waals surface area contributed by atoms with Gasteiger partial charge in [0.25, 0.3) is 0 Å². The molecule has 0 bridgehead atoms. The molecule has 1 aliphatic carbocycles. The third kappa shape index (κ3) is 3.38. The van der Waals surface area contributed by atoms with Crippen LogP contribution in [0, 0.1) is 0 Å². The molecule has 1 heterocycles. The van der Waals surface area contributed by atoms with Crippen LogP contribution in [0.25, 0.3) is 0 Å². The van der Waals surface area contributed by atoms with Gasteiger partial charge < -0.3 is 5.32 Å². The maximum Gasteiger partial charge on any atom is 0.0675 e. The van der Waals surface area contributed by atoms with Crippen molar-refractivity contribution in [3.8, 4) is 0 Å². The minimum Gasteiger partial charge on any atom is -0.312 e. The predicted octanol–water partition coefficient (Wildman–Crippen LogP) is 3.49. The van der Waals surface area contributed by atoms with E-state index in [1.165, 1.54) is 43.5 Å². The first-order chi connectivity index (χ1) is 9.30. The van der Waals surface area contributed by atoms with Gasteiger partial charge in [-0.1, -0.05) is 33.6 Å². The van der Waals surface area contributed by atoms with Gasteiger partial charge in [0, 0.05) is 11.7 Å². The maximum atomic E-state index is 4.86. The van der Waals surface area contributed by atoms with E-state index in [0.717, 1.165) is 19.4 Å². The van der Waals surface area contributed by atoms with Crippen molar-refractivity contribution in [2.45, 2.75) is 77.8 Å². The van der Waals surface area contributed by atoms with Gasteiger partial charge in [0.05, 0.1) is 11.7 Å². The van der Waals surface area contributed by atoms with Crippen LogP contribution in [-0.4, -0.2) is 22.4 Å². The van der Waals surface area contributed by atoms with Crippen molar-refractivity contribution >= 4 is 0 Å². The Morgan fingerprint density at radius 3 is 2.68 bits per heavy atom. The molecule has 3 nitrogen and oxygen atoms in total. The van der Waals surface area contributed by atoms with Gasteiger partial charge in [0.2, 0.25) is 0 Å². The lowest BCUT2D eigenvalue weighted by atomic mass is 9.90. The first-order valence-electron chi connectivity index (χ1n) is 8.10. The van der Waals surface area contributed by atoms with Crippen molar-refractivity contribution in [3.05, 3.63) is 17.5 Å². The van der Waals surface area contributed by atoms with E-state index in [1.54, 1.807) is 0 Å². The van der Waals surface area contributed by atoms with Gasteiger partial charge in [-0.25, -0.2) is 0 Å². The van der Waals surface area contributed by atoms with Gasteiger partial charge in [-0.3, -0.25) is 4.68 Å². The zero-order valence-corrected chi connectivity index (χ0v) is 12.8. The van der Waals surface area contributed by atoms with Crippen molar-refractivity contribution in [1.29, 1.82) is 0 Å². The molecule has 19 heavy (non-hydrogen) atoms. The standard InChI is InChI=1S/C16H29N3/c1-4-11-17-15-9-7-8-10-16(15)19-14(6-3)12-13(5-2)18-19/h12,15-17H,4-11H2,1-3H3. The zero-order chi connectivity index (χ0) is 13.7. The second-order valence-electron chi connectivity index (χ2n) is 5.69. The van der Waals surface area contributed by atoms with Crippen molar-refractivity contribution in [1.82, 2.24) is 15.1 Å². The second-order valence-corrected chi connectivity index (χ2v) is 5.69. The summed E-state index contributed by atoms with van der Waals surface area (Å²) < 4.78 is 2.34. The molecule has 1 aromatic heterocycles. The van der Waals surface area contributed by atoms with E-state index in [4.69, 9.17) is 5.10 Å². The molecule has 0 radical (unpaired) electrons. The molecule has 0 saturated heterocycles. The highest BCUT2D eigenvalue weighted by atomic mass is 15.3. The van der Waals surface area contributed by atoms with Crippen molar-refractivity contribution in [2.75, 3.05) is 6.54 Å². The summed E-state index contributed by atoms with van der Waals surface area (Å²) in [5, 5.41) is 8.60. The highest BCUT2D eigenvalue weighted by Gasteiger charge is 2.28. The molecular formula is C16H29N3. The van der Waals surface area contributed by atoms with Crippen LogP contribution in [0.1, 0.15) is 70.3 Å². The Hall–Kier alpha value is -0.830. The van der Waals surface area contributed by atoms with E-state index < -0.39 is 0 Å². The fraction of sp³-hybridized carbons (Fsp3) is 0.812. The smallest absolute Gasteiger partial charge is 0.0675 e. The summed E-state index contributed by atoms with van der Waals surface area (Å²) in [7, 11) is 0. The van der Waals surface area contributed by atoms with E-state index >= 15 is 0 Å². The first kappa shape index (κ1) is 14.6. The van der Waals surface area contributed by atoms with Gasteiger partial charge >= 0.3 is 0 Å². The molecular weight excluding hydrogens is 234 g/mol. The average Bonchev–Trinajstić information content (AvgIpc) is 2.88. The average molecular weight is 263 g/mol. The van der Waals surface area contributed by atoms with Gasteiger partial charge in [0.15, 0.2) is 0 Å². The topological polar surface area (TPSA) is 29.9 Å². The van der Waals surface area contributed by atoms with E-state index in [2.05, 4.69) is 36.8 Å². The highest BCUT2D eigenvalue weighted by Crippen LogP contribution is 2.30. The maximum absolute atomic E-state index is 4.86. The van der Waals surface area contributed by atoms with Crippen LogP contribution in [-0.2, 0) is 12.8 Å². The number of aromatic nitrogens is 2. The molecule has 0 aliphatic heterocycles. The van der Waals surface area contributed by atoms with Gasteiger partial charge in [-0.2, -0.15) is 5.10 Å². The van der Waals surface area contributed by atoms with E-state index in [0.29, 0.717) is 12.1 Å². The fourth-order valence-corrected chi connectivity index (χ4v) is 3.19. The summed E-state index contributed by atoms with van der Waals surface area (Å²) >= 11 is 0. The molecule has 1 aromatic rings. The highest BCUT2D eigenvalue weighted by molar-refractivity contribution is 5.12. The molecule has 1 saturated carbocycles. The summed E-state index contributed by atoms with van der Waals surface area (Å²) in [6.07, 6.45) is 8.63. The predicted molar refractivity (Wildman–Crippen MR) is 80.6 cm³/mol. The Balaban J connectivity index is 2.18. The van der Waals surface area contributed by atoms with Crippen molar-refractivity contribution in [2.24, 2.45) is 0 Å². The van der Waals surface area contributed by atoms with Gasteiger partial charge in [-0.05, 0) is 44.7 Å². The monoisotopic (exact) mass is 263 g/mol. The van der Waals surface area contributed by atoms with Crippen LogP contribution in [0.4, 0.5) is 0 Å². The fourth-order valence-electron chi connectivity index (χ4n) is 3.19. The van der Waals surface area contributed by atoms with Crippen LogP contribution < -0.4 is 5.32 Å². The number of nitrogens with zero attached hydrogens (tertiary/aromatic N) is 2. The molecule has 1 N–H and O–H groups in total. The minimum absolute atomic E-state index is 0.565. The normalized spacial score (nSPS) is 23.7. The lowest BCUT2D eigenvalue weighted by Crippen LogP contribution is -2.41. The number of rotatable bonds is 6. The number of aryl methyl sites for hydroxylation is 2. The summed E-state index contributed by atoms with van der Waals surface area (Å²) in [6, 6.07) is 3.48. The Bertz CT molecular complexity index is 383. The summed E-state index contributed by atoms with van der Waals surface area (Å²) in [5.74, 6) is 0. The van der Waals surface area contributed by atoms with E-state index in [1.807, 2.05) is 0 Å². The van der Waals surface area contributed by atoms with Gasteiger partial charge in [-0.15, -0.1) is 0 Å². The summed E-state index contributed by atoms with van der Waals surface area (Å²) in [5.41, 5.74) is 2.66. The van der Waals surface area contributed by atoms with Gasteiger partial charge in [0.1, 0.15) is 0 Å². The molecule has 3 heteroatoms. The van der Waals surface area contributed by atoms with Crippen molar-refractivity contribution < 1.29 is 0 Å². The molecule has 1 fully saturated rings. The Morgan fingerprint density at radius 2 is 2.00 bits per heavy atom. The number of hydrogen-bond acceptors (Lipinski definition) is 2. The molecule has 2 unspecified atom stereocenters. The third-order valence-corrected chi connectivity index (χ3v) is 4.29. The Morgan fingerprint density at radius 1 is 1.21 bits per heavy atom. The lowest BCUT2D eigenvalue weighted by Gasteiger charge is -2.33. The molecule has 108 valence electrons. The van der Waals surface area contributed by atoms with E-state index in [-0.39, 0.29) is 0 Å². The molecule has 0 spiro atoms. The van der Waals surface area contributed by atoms with Crippen LogP contribution in [0.2, 0.25) is 0 Å². The third-order valence-electron chi connectivity index (χ3n) is 4.29. The lowest BCUT2D eigenvalue weighted by molar-refractivity contribution is 0.242. The quantitative estimate of drug-likeness (QED) is 0.851. The minimum atomic E-state index is 0.565. The van der Waals surface area contributed by atoms with E-state index in [9.17, 15) is 0 Å². The molecule has 1 aliphatic rings. The molecule has 2 rings (SSSR count). The Kier molecular flexibility index (Phi) is 5.44. The van der Waals surface area contributed by atoms with Crippen LogP contribution >= 0.6 is 0 Å². The van der Waals surface area contributed by atoms with Crippen LogP contribution in [0.15, 0.2) is 6.07 Å². The van der Waals surface area contributed by atoms with Crippen molar-refractivity contribution in [3.63, 3.8) is 0 Å². The zero-order valence-electron chi connectivity index (χ0n) is 12.8. The SMILES string of the molecule is CCCNC1CCCCC1n1nc(CC)cc1CC. The Labute approximate surface area is 117 Å². The second kappa shape index (κ2) is 7.09. The summed E-state index contributed by atoms with van der Waals surface area (Å²) in [4.78, 5) is 0. The molecule has 0 aromatic carbocycles. The summed E-state index contributed by atoms with van der Waals surface area (Å²) in [6.45, 7) is 7.81. The first-order valence-corrected chi connectivity index (χ1v) is 8.10. The molecule has 2 atom stereocenters. The molecule has 0 amide bonds. The van der Waals surface area contributed by atoms with Crippen LogP contribution in [0.3, 0.4) is 0 Å².